The lowest BCUT2D eigenvalue weighted by atomic mass is 9.87. The monoisotopic (exact) mass is 465 g/mol. The van der Waals surface area contributed by atoms with E-state index in [1.165, 1.54) is 24.3 Å². The van der Waals surface area contributed by atoms with Crippen LogP contribution in [0.15, 0.2) is 70.0 Å². The molecule has 4 rings (SSSR count). The lowest BCUT2D eigenvalue weighted by Crippen LogP contribution is -2.18. The van der Waals surface area contributed by atoms with Crippen LogP contribution in [0.2, 0.25) is 0 Å². The predicted octanol–water partition coefficient (Wildman–Crippen LogP) is 5.13. The maximum atomic E-state index is 13.4. The molecule has 170 valence electrons. The highest BCUT2D eigenvalue weighted by molar-refractivity contribution is 7.90. The van der Waals surface area contributed by atoms with Gasteiger partial charge in [-0.1, -0.05) is 30.3 Å². The zero-order chi connectivity index (χ0) is 23.8. The summed E-state index contributed by atoms with van der Waals surface area (Å²) in [5, 5.41) is 0. The maximum absolute atomic E-state index is 13.4. The van der Waals surface area contributed by atoms with Crippen LogP contribution in [-0.2, 0) is 27.5 Å². The molecule has 33 heavy (non-hydrogen) atoms. The highest BCUT2D eigenvalue weighted by Gasteiger charge is 2.24. The van der Waals surface area contributed by atoms with E-state index in [1.54, 1.807) is 24.3 Å². The molecule has 0 aliphatic rings. The Balaban J connectivity index is 1.66. The van der Waals surface area contributed by atoms with Crippen LogP contribution in [0.3, 0.4) is 0 Å². The largest absolute Gasteiger partial charge is 0.440 e. The summed E-state index contributed by atoms with van der Waals surface area (Å²) in [7, 11) is -3.35. The van der Waals surface area contributed by atoms with Gasteiger partial charge in [0.25, 0.3) is 0 Å². The number of fused-ring (bicyclic) bond motifs is 1. The quantitative estimate of drug-likeness (QED) is 0.378. The molecule has 0 fully saturated rings. The number of sulfone groups is 1. The second-order valence-corrected chi connectivity index (χ2v) is 10.4. The van der Waals surface area contributed by atoms with E-state index in [1.807, 2.05) is 26.0 Å². The lowest BCUT2D eigenvalue weighted by molar-refractivity contribution is -0.120. The lowest BCUT2D eigenvalue weighted by Gasteiger charge is -2.16. The normalized spacial score (nSPS) is 12.7. The molecule has 1 aromatic heterocycles. The summed E-state index contributed by atoms with van der Waals surface area (Å²) >= 11 is 0. The van der Waals surface area contributed by atoms with E-state index >= 15 is 0 Å². The van der Waals surface area contributed by atoms with Gasteiger partial charge in [0.15, 0.2) is 15.4 Å². The molecule has 5 nitrogen and oxygen atoms in total. The third-order valence-electron chi connectivity index (χ3n) is 5.64. The standard InChI is InChI=1S/C26H24FNO4S/c1-16-12-17(2)26-23(13-16)28-25(32-26)15-24(29)22(14-18-4-8-20(27)9-5-18)19-6-10-21(11-7-19)33(3,30)31/h4-13,22H,14-15H2,1-3H3. The smallest absolute Gasteiger partial charge is 0.202 e. The highest BCUT2D eigenvalue weighted by atomic mass is 32.2. The number of carbonyl (C=O) groups excluding carboxylic acids is 1. The Hall–Kier alpha value is -3.32. The van der Waals surface area contributed by atoms with Gasteiger partial charge >= 0.3 is 0 Å². The van der Waals surface area contributed by atoms with Gasteiger partial charge in [-0.3, -0.25) is 4.79 Å². The number of oxazole rings is 1. The number of carbonyl (C=O) groups is 1. The van der Waals surface area contributed by atoms with E-state index in [4.69, 9.17) is 4.42 Å². The molecule has 0 saturated carbocycles. The number of nitrogens with zero attached hydrogens (tertiary/aromatic N) is 1. The molecule has 0 aliphatic heterocycles. The Kier molecular flexibility index (Phi) is 6.17. The van der Waals surface area contributed by atoms with Crippen molar-refractivity contribution >= 4 is 26.7 Å². The number of hydrogen-bond donors (Lipinski definition) is 0. The Morgan fingerprint density at radius 2 is 1.70 bits per heavy atom. The summed E-state index contributed by atoms with van der Waals surface area (Å²) in [6, 6.07) is 16.2. The van der Waals surface area contributed by atoms with Crippen molar-refractivity contribution in [3.8, 4) is 0 Å². The van der Waals surface area contributed by atoms with Crippen LogP contribution in [0.5, 0.6) is 0 Å². The highest BCUT2D eigenvalue weighted by Crippen LogP contribution is 2.27. The summed E-state index contributed by atoms with van der Waals surface area (Å²) in [4.78, 5) is 18.1. The zero-order valence-electron chi connectivity index (χ0n) is 18.6. The fraction of sp³-hybridized carbons (Fsp3) is 0.231. The van der Waals surface area contributed by atoms with Crippen LogP contribution in [0.25, 0.3) is 11.1 Å². The molecule has 4 aromatic rings. The van der Waals surface area contributed by atoms with Crippen molar-refractivity contribution in [3.05, 3.63) is 94.6 Å². The molecule has 0 aliphatic carbocycles. The van der Waals surface area contributed by atoms with E-state index in [9.17, 15) is 17.6 Å². The molecular formula is C26H24FNO4S. The van der Waals surface area contributed by atoms with Crippen molar-refractivity contribution in [3.63, 3.8) is 0 Å². The van der Waals surface area contributed by atoms with Crippen molar-refractivity contribution in [2.75, 3.05) is 6.26 Å². The number of benzene rings is 3. The number of aromatic nitrogens is 1. The first-order chi connectivity index (χ1) is 15.6. The Morgan fingerprint density at radius 1 is 1.03 bits per heavy atom. The summed E-state index contributed by atoms with van der Waals surface area (Å²) in [5.74, 6) is -0.703. The summed E-state index contributed by atoms with van der Waals surface area (Å²) in [6.07, 6.45) is 1.47. The molecule has 0 bridgehead atoms. The minimum absolute atomic E-state index is 0.00709. The number of Topliss-reactive ketones (excluding diaryl/α,β-unsaturated/α-hetero) is 1. The molecule has 7 heteroatoms. The second-order valence-electron chi connectivity index (χ2n) is 8.41. The Bertz CT molecular complexity index is 1420. The third kappa shape index (κ3) is 5.20. The molecule has 0 N–H and O–H groups in total. The SMILES string of the molecule is Cc1cc(C)c2oc(CC(=O)C(Cc3ccc(F)cc3)c3ccc(S(C)(=O)=O)cc3)nc2c1. The van der Waals surface area contributed by atoms with Gasteiger partial charge in [-0.25, -0.2) is 17.8 Å². The van der Waals surface area contributed by atoms with Crippen molar-refractivity contribution in [1.29, 1.82) is 0 Å². The van der Waals surface area contributed by atoms with Gasteiger partial charge in [0.05, 0.1) is 11.3 Å². The van der Waals surface area contributed by atoms with Crippen molar-refractivity contribution in [2.24, 2.45) is 0 Å². The molecule has 3 aromatic carbocycles. The fourth-order valence-corrected chi connectivity index (χ4v) is 4.62. The number of ketones is 1. The first kappa shape index (κ1) is 22.9. The van der Waals surface area contributed by atoms with Gasteiger partial charge in [-0.05, 0) is 72.9 Å². The molecule has 0 amide bonds. The zero-order valence-corrected chi connectivity index (χ0v) is 19.4. The molecule has 1 atom stereocenters. The van der Waals surface area contributed by atoms with Gasteiger partial charge in [0.2, 0.25) is 5.89 Å². The average molecular weight is 466 g/mol. The first-order valence-electron chi connectivity index (χ1n) is 10.5. The molecular weight excluding hydrogens is 441 g/mol. The third-order valence-corrected chi connectivity index (χ3v) is 6.77. The second kappa shape index (κ2) is 8.90. The van der Waals surface area contributed by atoms with Crippen LogP contribution >= 0.6 is 0 Å². The van der Waals surface area contributed by atoms with Crippen LogP contribution < -0.4 is 0 Å². The average Bonchev–Trinajstić information content (AvgIpc) is 3.15. The van der Waals surface area contributed by atoms with Crippen molar-refractivity contribution < 1.29 is 22.0 Å². The van der Waals surface area contributed by atoms with Crippen molar-refractivity contribution in [1.82, 2.24) is 4.98 Å². The van der Waals surface area contributed by atoms with Crippen molar-refractivity contribution in [2.45, 2.75) is 37.5 Å². The van der Waals surface area contributed by atoms with Gasteiger partial charge in [0.1, 0.15) is 17.1 Å². The Labute approximate surface area is 192 Å². The number of rotatable bonds is 7. The van der Waals surface area contributed by atoms with Gasteiger partial charge < -0.3 is 4.42 Å². The maximum Gasteiger partial charge on any atom is 0.202 e. The van der Waals surface area contributed by atoms with Gasteiger partial charge in [-0.2, -0.15) is 0 Å². The van der Waals surface area contributed by atoms with Crippen LogP contribution in [0.4, 0.5) is 4.39 Å². The number of aryl methyl sites for hydroxylation is 2. The summed E-state index contributed by atoms with van der Waals surface area (Å²) in [6.45, 7) is 3.91. The predicted molar refractivity (Wildman–Crippen MR) is 125 cm³/mol. The topological polar surface area (TPSA) is 77.2 Å². The van der Waals surface area contributed by atoms with E-state index < -0.39 is 15.8 Å². The number of halogens is 1. The number of hydrogen-bond acceptors (Lipinski definition) is 5. The molecule has 0 radical (unpaired) electrons. The fourth-order valence-electron chi connectivity index (χ4n) is 3.99. The molecule has 1 heterocycles. The van der Waals surface area contributed by atoms with Crippen LogP contribution in [0, 0.1) is 19.7 Å². The van der Waals surface area contributed by atoms with E-state index in [2.05, 4.69) is 4.98 Å². The van der Waals surface area contributed by atoms with Gasteiger partial charge in [0, 0.05) is 12.2 Å². The minimum atomic E-state index is -3.35. The molecule has 0 spiro atoms. The molecule has 1 unspecified atom stereocenters. The Morgan fingerprint density at radius 3 is 2.33 bits per heavy atom. The van der Waals surface area contributed by atoms with E-state index in [0.29, 0.717) is 29.0 Å². The van der Waals surface area contributed by atoms with E-state index in [0.717, 1.165) is 22.9 Å². The first-order valence-corrected chi connectivity index (χ1v) is 12.4. The van der Waals surface area contributed by atoms with Gasteiger partial charge in [-0.15, -0.1) is 0 Å². The van der Waals surface area contributed by atoms with E-state index in [-0.39, 0.29) is 22.9 Å². The van der Waals surface area contributed by atoms with Crippen LogP contribution in [-0.4, -0.2) is 25.4 Å². The summed E-state index contributed by atoms with van der Waals surface area (Å²) < 4.78 is 42.9. The minimum Gasteiger partial charge on any atom is -0.440 e. The van der Waals surface area contributed by atoms with Crippen LogP contribution in [0.1, 0.15) is 34.1 Å². The summed E-state index contributed by atoms with van der Waals surface area (Å²) in [5.41, 5.74) is 4.87. The molecule has 0 saturated heterocycles.